The molecule has 1 aliphatic heterocycles. The fourth-order valence-corrected chi connectivity index (χ4v) is 3.11. The molecule has 2 saturated carbocycles. The van der Waals surface area contributed by atoms with Crippen molar-refractivity contribution in [3.8, 4) is 0 Å². The number of rotatable bonds is 3. The van der Waals surface area contributed by atoms with Crippen molar-refractivity contribution in [2.75, 3.05) is 19.7 Å². The fourth-order valence-electron chi connectivity index (χ4n) is 3.11. The van der Waals surface area contributed by atoms with E-state index in [9.17, 15) is 4.79 Å². The van der Waals surface area contributed by atoms with E-state index in [-0.39, 0.29) is 0 Å². The number of hydrogen-bond donors (Lipinski definition) is 0. The lowest BCUT2D eigenvalue weighted by Crippen LogP contribution is -2.54. The molecule has 16 heavy (non-hydrogen) atoms. The number of ether oxygens (including phenoxy) is 1. The predicted octanol–water partition coefficient (Wildman–Crippen LogP) is 1.61. The number of fused-ring (bicyclic) bond motifs is 1. The summed E-state index contributed by atoms with van der Waals surface area (Å²) >= 11 is 0. The summed E-state index contributed by atoms with van der Waals surface area (Å²) in [4.78, 5) is 14.3. The first-order chi connectivity index (χ1) is 7.84. The third-order valence-corrected chi connectivity index (χ3v) is 4.24. The Bertz CT molecular complexity index is 273. The summed E-state index contributed by atoms with van der Waals surface area (Å²) in [5.74, 6) is 0.885. The molecule has 3 rings (SSSR count). The molecule has 3 fully saturated rings. The molecular formula is C13H21NO2. The summed E-state index contributed by atoms with van der Waals surface area (Å²) in [5, 5.41) is 0. The molecule has 1 heterocycles. The second-order valence-electron chi connectivity index (χ2n) is 5.47. The molecule has 0 radical (unpaired) electrons. The summed E-state index contributed by atoms with van der Waals surface area (Å²) in [5.41, 5.74) is 0. The van der Waals surface area contributed by atoms with Gasteiger partial charge in [0.25, 0.3) is 0 Å². The van der Waals surface area contributed by atoms with Crippen molar-refractivity contribution in [1.29, 1.82) is 0 Å². The molecule has 0 aromatic rings. The number of hydrogen-bond acceptors (Lipinski definition) is 3. The molecule has 3 aliphatic rings. The third-order valence-electron chi connectivity index (χ3n) is 4.24. The van der Waals surface area contributed by atoms with E-state index in [0.29, 0.717) is 30.4 Å². The van der Waals surface area contributed by atoms with Gasteiger partial charge in [-0.1, -0.05) is 12.8 Å². The Hall–Kier alpha value is -0.410. The van der Waals surface area contributed by atoms with E-state index in [4.69, 9.17) is 4.74 Å². The summed E-state index contributed by atoms with van der Waals surface area (Å²) in [6, 6.07) is 0.533. The Morgan fingerprint density at radius 1 is 1.19 bits per heavy atom. The van der Waals surface area contributed by atoms with Gasteiger partial charge in [0.1, 0.15) is 5.78 Å². The van der Waals surface area contributed by atoms with Gasteiger partial charge in [-0.3, -0.25) is 9.69 Å². The summed E-state index contributed by atoms with van der Waals surface area (Å²) in [6.07, 6.45) is 7.70. The first-order valence-corrected chi connectivity index (χ1v) is 6.73. The van der Waals surface area contributed by atoms with Gasteiger partial charge in [-0.05, 0) is 25.7 Å². The van der Waals surface area contributed by atoms with Gasteiger partial charge in [0, 0.05) is 18.5 Å². The largest absolute Gasteiger partial charge is 0.375 e. The summed E-state index contributed by atoms with van der Waals surface area (Å²) < 4.78 is 5.82. The molecule has 2 atom stereocenters. The minimum Gasteiger partial charge on any atom is -0.375 e. The monoisotopic (exact) mass is 223 g/mol. The molecule has 0 aromatic carbocycles. The van der Waals surface area contributed by atoms with Gasteiger partial charge in [0.2, 0.25) is 0 Å². The van der Waals surface area contributed by atoms with Crippen LogP contribution in [0.1, 0.15) is 38.5 Å². The van der Waals surface area contributed by atoms with Crippen LogP contribution in [0.3, 0.4) is 0 Å². The van der Waals surface area contributed by atoms with Gasteiger partial charge in [0.05, 0.1) is 19.3 Å². The van der Waals surface area contributed by atoms with Crippen molar-refractivity contribution in [2.45, 2.75) is 50.7 Å². The minimum absolute atomic E-state index is 0.407. The third kappa shape index (κ3) is 2.16. The maximum atomic E-state index is 11.9. The maximum Gasteiger partial charge on any atom is 0.149 e. The standard InChI is InChI=1S/C13H21NO2/c15-12(10-5-6-10)9-14-7-8-16-13-4-2-1-3-11(13)14/h10-11,13H,1-9H2. The molecule has 3 nitrogen and oxygen atoms in total. The van der Waals surface area contributed by atoms with Gasteiger partial charge in [-0.25, -0.2) is 0 Å². The van der Waals surface area contributed by atoms with Crippen LogP contribution in [0.25, 0.3) is 0 Å². The lowest BCUT2D eigenvalue weighted by molar-refractivity contribution is -0.128. The molecule has 2 unspecified atom stereocenters. The number of morpholine rings is 1. The van der Waals surface area contributed by atoms with E-state index in [2.05, 4.69) is 4.90 Å². The van der Waals surface area contributed by atoms with Crippen LogP contribution in [0.5, 0.6) is 0 Å². The highest BCUT2D eigenvalue weighted by Crippen LogP contribution is 2.32. The predicted molar refractivity (Wildman–Crippen MR) is 61.3 cm³/mol. The number of carbonyl (C=O) groups is 1. The first kappa shape index (κ1) is 10.7. The Morgan fingerprint density at radius 3 is 2.81 bits per heavy atom. The van der Waals surface area contributed by atoms with Crippen LogP contribution in [-0.4, -0.2) is 42.5 Å². The van der Waals surface area contributed by atoms with Crippen LogP contribution < -0.4 is 0 Å². The van der Waals surface area contributed by atoms with Gasteiger partial charge < -0.3 is 4.74 Å². The molecule has 1 saturated heterocycles. The van der Waals surface area contributed by atoms with Gasteiger partial charge >= 0.3 is 0 Å². The number of Topliss-reactive ketones (excluding diaryl/α,β-unsaturated/α-hetero) is 1. The second kappa shape index (κ2) is 4.46. The average Bonchev–Trinajstić information content (AvgIpc) is 3.13. The highest BCUT2D eigenvalue weighted by molar-refractivity contribution is 5.85. The molecule has 0 amide bonds. The van der Waals surface area contributed by atoms with Crippen molar-refractivity contribution in [3.05, 3.63) is 0 Å². The van der Waals surface area contributed by atoms with E-state index in [1.807, 2.05) is 0 Å². The van der Waals surface area contributed by atoms with Gasteiger partial charge in [-0.2, -0.15) is 0 Å². The van der Waals surface area contributed by atoms with Crippen molar-refractivity contribution in [2.24, 2.45) is 5.92 Å². The Morgan fingerprint density at radius 2 is 2.00 bits per heavy atom. The van der Waals surface area contributed by atoms with Crippen LogP contribution in [0.2, 0.25) is 0 Å². The van der Waals surface area contributed by atoms with Crippen LogP contribution in [0.4, 0.5) is 0 Å². The topological polar surface area (TPSA) is 29.5 Å². The molecule has 0 spiro atoms. The van der Waals surface area contributed by atoms with Gasteiger partial charge in [-0.15, -0.1) is 0 Å². The normalized spacial score (nSPS) is 35.8. The molecule has 2 aliphatic carbocycles. The Kier molecular flexibility index (Phi) is 2.99. The van der Waals surface area contributed by atoms with E-state index >= 15 is 0 Å². The molecule has 0 aromatic heterocycles. The second-order valence-corrected chi connectivity index (χ2v) is 5.47. The average molecular weight is 223 g/mol. The van der Waals surface area contributed by atoms with E-state index in [1.54, 1.807) is 0 Å². The number of ketones is 1. The summed E-state index contributed by atoms with van der Waals surface area (Å²) in [7, 11) is 0. The van der Waals surface area contributed by atoms with Crippen molar-refractivity contribution in [1.82, 2.24) is 4.90 Å². The number of carbonyl (C=O) groups excluding carboxylic acids is 1. The zero-order valence-electron chi connectivity index (χ0n) is 9.86. The van der Waals surface area contributed by atoms with E-state index in [1.165, 1.54) is 25.7 Å². The molecule has 3 heteroatoms. The molecule has 0 bridgehead atoms. The zero-order chi connectivity index (χ0) is 11.0. The first-order valence-electron chi connectivity index (χ1n) is 6.73. The SMILES string of the molecule is O=C(CN1CCOC2CCCCC21)C1CC1. The smallest absolute Gasteiger partial charge is 0.149 e. The fraction of sp³-hybridized carbons (Fsp3) is 0.923. The highest BCUT2D eigenvalue weighted by Gasteiger charge is 2.37. The Labute approximate surface area is 97.1 Å². The van der Waals surface area contributed by atoms with E-state index in [0.717, 1.165) is 26.0 Å². The van der Waals surface area contributed by atoms with Crippen LogP contribution in [0, 0.1) is 5.92 Å². The van der Waals surface area contributed by atoms with Crippen LogP contribution in [0.15, 0.2) is 0 Å². The maximum absolute atomic E-state index is 11.9. The highest BCUT2D eigenvalue weighted by atomic mass is 16.5. The molecule has 90 valence electrons. The molecular weight excluding hydrogens is 202 g/mol. The number of nitrogens with zero attached hydrogens (tertiary/aromatic N) is 1. The lowest BCUT2D eigenvalue weighted by Gasteiger charge is -2.43. The quantitative estimate of drug-likeness (QED) is 0.728. The Balaban J connectivity index is 1.61. The van der Waals surface area contributed by atoms with Crippen molar-refractivity contribution < 1.29 is 9.53 Å². The van der Waals surface area contributed by atoms with Crippen LogP contribution in [-0.2, 0) is 9.53 Å². The lowest BCUT2D eigenvalue weighted by atomic mass is 9.90. The summed E-state index contributed by atoms with van der Waals surface area (Å²) in [6.45, 7) is 2.47. The minimum atomic E-state index is 0.407. The zero-order valence-corrected chi connectivity index (χ0v) is 9.86. The van der Waals surface area contributed by atoms with E-state index < -0.39 is 0 Å². The van der Waals surface area contributed by atoms with Crippen LogP contribution >= 0.6 is 0 Å². The van der Waals surface area contributed by atoms with Crippen molar-refractivity contribution in [3.63, 3.8) is 0 Å². The van der Waals surface area contributed by atoms with Crippen molar-refractivity contribution >= 4 is 5.78 Å². The molecule has 0 N–H and O–H groups in total. The van der Waals surface area contributed by atoms with Gasteiger partial charge in [0.15, 0.2) is 0 Å².